The molecule has 104 valence electrons. The van der Waals surface area contributed by atoms with E-state index < -0.39 is 0 Å². The Morgan fingerprint density at radius 1 is 1.32 bits per heavy atom. The van der Waals surface area contributed by atoms with Gasteiger partial charge in [-0.05, 0) is 32.6 Å². The summed E-state index contributed by atoms with van der Waals surface area (Å²) in [5.41, 5.74) is 1.26. The lowest BCUT2D eigenvalue weighted by Gasteiger charge is -2.33. The van der Waals surface area contributed by atoms with Crippen LogP contribution < -0.4 is 5.32 Å². The lowest BCUT2D eigenvalue weighted by atomic mass is 9.75. The third-order valence-electron chi connectivity index (χ3n) is 4.59. The molecule has 0 bridgehead atoms. The van der Waals surface area contributed by atoms with Gasteiger partial charge in [-0.3, -0.25) is 4.79 Å². The zero-order chi connectivity index (χ0) is 13.4. The number of rotatable bonds is 2. The van der Waals surface area contributed by atoms with E-state index in [2.05, 4.69) is 24.3 Å². The molecule has 1 N–H and O–H groups in total. The van der Waals surface area contributed by atoms with E-state index in [4.69, 9.17) is 0 Å². The molecule has 1 aromatic heterocycles. The topological polar surface area (TPSA) is 46.9 Å². The first kappa shape index (κ1) is 12.7. The van der Waals surface area contributed by atoms with Crippen LogP contribution in [0.4, 0.5) is 5.82 Å². The molecule has 0 spiro atoms. The summed E-state index contributed by atoms with van der Waals surface area (Å²) >= 11 is 0. The average molecular weight is 261 g/mol. The highest BCUT2D eigenvalue weighted by Gasteiger charge is 2.34. The summed E-state index contributed by atoms with van der Waals surface area (Å²) in [6, 6.07) is 0.286. The fraction of sp³-hybridized carbons (Fsp3) is 0.733. The fourth-order valence-electron chi connectivity index (χ4n) is 3.62. The maximum atomic E-state index is 12.0. The average Bonchev–Trinajstić information content (AvgIpc) is 2.82. The van der Waals surface area contributed by atoms with Crippen LogP contribution in [0, 0.1) is 5.92 Å². The molecule has 3 rings (SSSR count). The molecule has 0 aromatic carbocycles. The summed E-state index contributed by atoms with van der Waals surface area (Å²) in [6.07, 6.45) is 9.14. The van der Waals surface area contributed by atoms with Crippen molar-refractivity contribution in [3.8, 4) is 0 Å². The Hall–Kier alpha value is -1.32. The third-order valence-corrected chi connectivity index (χ3v) is 4.59. The standard InChI is InChI=1S/C15H23N3O/c1-10(2)18-15-13(9-16-18)12(8-14(19)17-15)11-6-4-3-5-7-11/h9-12H,3-8H2,1-2H3,(H,17,19)/t12-/m0/s1. The number of aromatic nitrogens is 2. The van der Waals surface area contributed by atoms with Crippen molar-refractivity contribution in [2.24, 2.45) is 5.92 Å². The number of nitrogens with one attached hydrogen (secondary N) is 1. The van der Waals surface area contributed by atoms with Crippen molar-refractivity contribution < 1.29 is 4.79 Å². The van der Waals surface area contributed by atoms with Gasteiger partial charge in [-0.2, -0.15) is 5.10 Å². The van der Waals surface area contributed by atoms with Crippen molar-refractivity contribution in [1.82, 2.24) is 9.78 Å². The van der Waals surface area contributed by atoms with Crippen LogP contribution in [0.2, 0.25) is 0 Å². The van der Waals surface area contributed by atoms with E-state index in [0.29, 0.717) is 18.3 Å². The van der Waals surface area contributed by atoms with Gasteiger partial charge in [0, 0.05) is 23.9 Å². The van der Waals surface area contributed by atoms with Gasteiger partial charge in [0.05, 0.1) is 6.20 Å². The van der Waals surface area contributed by atoms with Crippen LogP contribution in [-0.2, 0) is 4.79 Å². The Morgan fingerprint density at radius 2 is 2.05 bits per heavy atom. The summed E-state index contributed by atoms with van der Waals surface area (Å²) < 4.78 is 1.95. The molecule has 1 aliphatic carbocycles. The summed E-state index contributed by atoms with van der Waals surface area (Å²) in [5, 5.41) is 7.50. The molecule has 1 aliphatic heterocycles. The Morgan fingerprint density at radius 3 is 2.74 bits per heavy atom. The van der Waals surface area contributed by atoms with Gasteiger partial charge in [-0.25, -0.2) is 4.68 Å². The fourth-order valence-corrected chi connectivity index (χ4v) is 3.62. The minimum atomic E-state index is 0.158. The largest absolute Gasteiger partial charge is 0.311 e. The Bertz CT molecular complexity index is 472. The first-order valence-electron chi connectivity index (χ1n) is 7.54. The van der Waals surface area contributed by atoms with Crippen LogP contribution in [0.1, 0.15) is 69.9 Å². The van der Waals surface area contributed by atoms with Crippen LogP contribution in [0.3, 0.4) is 0 Å². The zero-order valence-corrected chi connectivity index (χ0v) is 11.9. The maximum Gasteiger partial charge on any atom is 0.226 e. The predicted molar refractivity (Wildman–Crippen MR) is 75.2 cm³/mol. The Balaban J connectivity index is 1.93. The normalized spacial score (nSPS) is 24.4. The van der Waals surface area contributed by atoms with E-state index in [0.717, 1.165) is 5.82 Å². The smallest absolute Gasteiger partial charge is 0.226 e. The zero-order valence-electron chi connectivity index (χ0n) is 11.9. The number of hydrogen-bond donors (Lipinski definition) is 1. The lowest BCUT2D eigenvalue weighted by Crippen LogP contribution is -2.29. The van der Waals surface area contributed by atoms with Crippen LogP contribution >= 0.6 is 0 Å². The minimum Gasteiger partial charge on any atom is -0.311 e. The van der Waals surface area contributed by atoms with E-state index >= 15 is 0 Å². The molecule has 4 heteroatoms. The molecule has 2 aliphatic rings. The highest BCUT2D eigenvalue weighted by molar-refractivity contribution is 5.93. The maximum absolute atomic E-state index is 12.0. The van der Waals surface area contributed by atoms with Gasteiger partial charge in [0.1, 0.15) is 5.82 Å². The summed E-state index contributed by atoms with van der Waals surface area (Å²) in [6.45, 7) is 4.20. The van der Waals surface area contributed by atoms with Crippen LogP contribution in [0.15, 0.2) is 6.20 Å². The summed E-state index contributed by atoms with van der Waals surface area (Å²) in [7, 11) is 0. The van der Waals surface area contributed by atoms with Crippen molar-refractivity contribution >= 4 is 11.7 Å². The van der Waals surface area contributed by atoms with Crippen LogP contribution in [0.25, 0.3) is 0 Å². The van der Waals surface area contributed by atoms with E-state index in [1.54, 1.807) is 0 Å². The van der Waals surface area contributed by atoms with Gasteiger partial charge in [-0.15, -0.1) is 0 Å². The molecule has 0 unspecified atom stereocenters. The first-order valence-corrected chi connectivity index (χ1v) is 7.54. The van der Waals surface area contributed by atoms with Crippen LogP contribution in [0.5, 0.6) is 0 Å². The molecule has 1 fully saturated rings. The monoisotopic (exact) mass is 261 g/mol. The second kappa shape index (κ2) is 4.99. The highest BCUT2D eigenvalue weighted by atomic mass is 16.1. The predicted octanol–water partition coefficient (Wildman–Crippen LogP) is 3.47. The highest BCUT2D eigenvalue weighted by Crippen LogP contribution is 2.43. The van der Waals surface area contributed by atoms with E-state index in [1.165, 1.54) is 37.7 Å². The molecule has 1 saturated carbocycles. The second-order valence-corrected chi connectivity index (χ2v) is 6.24. The molecular formula is C15H23N3O. The molecule has 1 aromatic rings. The van der Waals surface area contributed by atoms with Gasteiger partial charge in [0.2, 0.25) is 5.91 Å². The number of nitrogens with zero attached hydrogens (tertiary/aromatic N) is 2. The molecule has 4 nitrogen and oxygen atoms in total. The molecule has 1 amide bonds. The van der Waals surface area contributed by atoms with Crippen molar-refractivity contribution in [2.45, 2.75) is 64.3 Å². The number of carbonyl (C=O) groups is 1. The number of fused-ring (bicyclic) bond motifs is 1. The third kappa shape index (κ3) is 2.28. The van der Waals surface area contributed by atoms with E-state index in [-0.39, 0.29) is 11.9 Å². The Labute approximate surface area is 114 Å². The number of hydrogen-bond acceptors (Lipinski definition) is 2. The van der Waals surface area contributed by atoms with Gasteiger partial charge in [-0.1, -0.05) is 19.3 Å². The molecular weight excluding hydrogens is 238 g/mol. The van der Waals surface area contributed by atoms with Gasteiger partial charge >= 0.3 is 0 Å². The van der Waals surface area contributed by atoms with E-state index in [1.807, 2.05) is 10.9 Å². The molecule has 0 saturated heterocycles. The summed E-state index contributed by atoms with van der Waals surface area (Å²) in [5.74, 6) is 2.16. The molecule has 1 atom stereocenters. The molecule has 19 heavy (non-hydrogen) atoms. The lowest BCUT2D eigenvalue weighted by molar-refractivity contribution is -0.117. The number of anilines is 1. The minimum absolute atomic E-state index is 0.158. The Kier molecular flexibility index (Phi) is 3.33. The SMILES string of the molecule is CC(C)n1ncc2c1NC(=O)C[C@H]2C1CCCCC1. The van der Waals surface area contributed by atoms with Crippen molar-refractivity contribution in [3.05, 3.63) is 11.8 Å². The second-order valence-electron chi connectivity index (χ2n) is 6.24. The first-order chi connectivity index (χ1) is 9.16. The number of carbonyl (C=O) groups excluding carboxylic acids is 1. The quantitative estimate of drug-likeness (QED) is 0.886. The van der Waals surface area contributed by atoms with Gasteiger partial charge in [0.15, 0.2) is 0 Å². The molecule has 0 radical (unpaired) electrons. The summed E-state index contributed by atoms with van der Waals surface area (Å²) in [4.78, 5) is 12.0. The van der Waals surface area contributed by atoms with Gasteiger partial charge < -0.3 is 5.32 Å². The van der Waals surface area contributed by atoms with Gasteiger partial charge in [0.25, 0.3) is 0 Å². The number of amides is 1. The van der Waals surface area contributed by atoms with Crippen molar-refractivity contribution in [3.63, 3.8) is 0 Å². The van der Waals surface area contributed by atoms with Crippen molar-refractivity contribution in [1.29, 1.82) is 0 Å². The van der Waals surface area contributed by atoms with Crippen LogP contribution in [-0.4, -0.2) is 15.7 Å². The van der Waals surface area contributed by atoms with E-state index in [9.17, 15) is 4.79 Å². The molecule has 2 heterocycles. The van der Waals surface area contributed by atoms with Crippen molar-refractivity contribution in [2.75, 3.05) is 5.32 Å².